The van der Waals surface area contributed by atoms with Gasteiger partial charge in [-0.2, -0.15) is 5.10 Å². The zero-order valence-electron chi connectivity index (χ0n) is 15.5. The fourth-order valence-electron chi connectivity index (χ4n) is 2.74. The van der Waals surface area contributed by atoms with Gasteiger partial charge in [-0.3, -0.25) is 5.10 Å². The highest BCUT2D eigenvalue weighted by molar-refractivity contribution is 5.81. The Bertz CT molecular complexity index is 837. The lowest BCUT2D eigenvalue weighted by molar-refractivity contribution is 0.477. The molecule has 0 atom stereocenters. The molecule has 2 heterocycles. The van der Waals surface area contributed by atoms with E-state index in [1.54, 1.807) is 18.3 Å². The van der Waals surface area contributed by atoms with E-state index in [-0.39, 0.29) is 17.5 Å². The van der Waals surface area contributed by atoms with Crippen molar-refractivity contribution in [2.24, 2.45) is 0 Å². The zero-order chi connectivity index (χ0) is 17.9. The molecule has 138 valence electrons. The van der Waals surface area contributed by atoms with Crippen LogP contribution in [0.1, 0.15) is 33.6 Å². The lowest BCUT2D eigenvalue weighted by Gasteiger charge is -2.29. The molecular formula is C20H26FN5. The van der Waals surface area contributed by atoms with E-state index in [2.05, 4.69) is 41.3 Å². The van der Waals surface area contributed by atoms with Gasteiger partial charge in [0, 0.05) is 29.1 Å². The summed E-state index contributed by atoms with van der Waals surface area (Å²) in [4.78, 5) is 4.45. The number of nitrogens with zero attached hydrogens (tertiary/aromatic N) is 2. The van der Waals surface area contributed by atoms with Crippen molar-refractivity contribution in [3.05, 3.63) is 54.6 Å². The number of anilines is 1. The topological polar surface area (TPSA) is 88.6 Å². The second kappa shape index (κ2) is 8.10. The van der Waals surface area contributed by atoms with Gasteiger partial charge >= 0.3 is 0 Å². The van der Waals surface area contributed by atoms with Gasteiger partial charge in [0.2, 0.25) is 0 Å². The van der Waals surface area contributed by atoms with Gasteiger partial charge in [0.15, 0.2) is 0 Å². The van der Waals surface area contributed by atoms with Gasteiger partial charge in [0.05, 0.1) is 5.69 Å². The van der Waals surface area contributed by atoms with E-state index in [1.165, 1.54) is 12.1 Å². The van der Waals surface area contributed by atoms with Crippen molar-refractivity contribution in [1.82, 2.24) is 21.3 Å². The summed E-state index contributed by atoms with van der Waals surface area (Å²) in [5.41, 5.74) is 3.66. The number of aromatic nitrogens is 3. The lowest BCUT2D eigenvalue weighted by Crippen LogP contribution is -2.33. The minimum atomic E-state index is -0.255. The molecule has 0 unspecified atom stereocenters. The second-order valence-corrected chi connectivity index (χ2v) is 6.48. The highest BCUT2D eigenvalue weighted by Crippen LogP contribution is 2.31. The first kappa shape index (κ1) is 19.6. The largest absolute Gasteiger partial charge is 0.365 e. The number of pyridine rings is 1. The summed E-state index contributed by atoms with van der Waals surface area (Å²) < 4.78 is 13.2. The molecule has 0 spiro atoms. The summed E-state index contributed by atoms with van der Waals surface area (Å²) in [7, 11) is 0. The molecule has 0 fully saturated rings. The van der Waals surface area contributed by atoms with E-state index in [1.807, 2.05) is 18.3 Å². The summed E-state index contributed by atoms with van der Waals surface area (Å²) in [6, 6.07) is 10.4. The number of rotatable bonds is 6. The fraction of sp³-hybridized carbons (Fsp3) is 0.300. The van der Waals surface area contributed by atoms with Crippen LogP contribution in [0.5, 0.6) is 0 Å². The fourth-order valence-corrected chi connectivity index (χ4v) is 2.74. The van der Waals surface area contributed by atoms with Crippen molar-refractivity contribution in [2.75, 3.05) is 5.32 Å². The molecule has 0 aliphatic heterocycles. The first-order chi connectivity index (χ1) is 12.0. The average Bonchev–Trinajstić information content (AvgIpc) is 3.12. The number of hydrogen-bond donors (Lipinski definition) is 3. The standard InChI is InChI=1S/C20H23FN4.H3N/c1-4-20(3,5-2)24-18-12-15(10-11-22-18)17-13-23-25-19(17)14-6-8-16(21)9-7-14;/h6-13H,4-5H2,1-3H3,(H,22,24)(H,23,25);1H3. The third-order valence-electron chi connectivity index (χ3n) is 4.82. The molecule has 0 saturated carbocycles. The van der Waals surface area contributed by atoms with E-state index < -0.39 is 0 Å². The van der Waals surface area contributed by atoms with Crippen LogP contribution in [0.25, 0.3) is 22.4 Å². The summed E-state index contributed by atoms with van der Waals surface area (Å²) in [6.45, 7) is 6.54. The maximum atomic E-state index is 13.2. The molecule has 0 saturated heterocycles. The van der Waals surface area contributed by atoms with E-state index in [0.717, 1.165) is 41.0 Å². The Labute approximate surface area is 153 Å². The quantitative estimate of drug-likeness (QED) is 0.550. The molecular weight excluding hydrogens is 329 g/mol. The van der Waals surface area contributed by atoms with Gasteiger partial charge in [-0.25, -0.2) is 9.37 Å². The van der Waals surface area contributed by atoms with Crippen molar-refractivity contribution in [3.63, 3.8) is 0 Å². The van der Waals surface area contributed by atoms with Gasteiger partial charge in [-0.1, -0.05) is 13.8 Å². The summed E-state index contributed by atoms with van der Waals surface area (Å²) >= 11 is 0. The van der Waals surface area contributed by atoms with Crippen LogP contribution in [0, 0.1) is 5.82 Å². The average molecular weight is 355 g/mol. The second-order valence-electron chi connectivity index (χ2n) is 6.48. The molecule has 3 aromatic rings. The molecule has 0 radical (unpaired) electrons. The first-order valence-electron chi connectivity index (χ1n) is 8.59. The molecule has 3 rings (SSSR count). The summed E-state index contributed by atoms with van der Waals surface area (Å²) in [5.74, 6) is 0.588. The highest BCUT2D eigenvalue weighted by Gasteiger charge is 2.20. The Kier molecular flexibility index (Phi) is 6.10. The van der Waals surface area contributed by atoms with Gasteiger partial charge < -0.3 is 11.5 Å². The van der Waals surface area contributed by atoms with Crippen molar-refractivity contribution in [1.29, 1.82) is 0 Å². The van der Waals surface area contributed by atoms with Crippen LogP contribution < -0.4 is 11.5 Å². The molecule has 0 amide bonds. The SMILES string of the molecule is CCC(C)(CC)Nc1cc(-c2c[nH]nc2-c2ccc(F)cc2)ccn1.N. The van der Waals surface area contributed by atoms with E-state index in [4.69, 9.17) is 0 Å². The molecule has 5 N–H and O–H groups in total. The van der Waals surface area contributed by atoms with E-state index in [0.29, 0.717) is 0 Å². The van der Waals surface area contributed by atoms with Gasteiger partial charge in [-0.05, 0) is 61.7 Å². The number of H-pyrrole nitrogens is 1. The Morgan fingerprint density at radius 2 is 1.77 bits per heavy atom. The van der Waals surface area contributed by atoms with Gasteiger partial charge in [0.1, 0.15) is 11.6 Å². The van der Waals surface area contributed by atoms with E-state index >= 15 is 0 Å². The Morgan fingerprint density at radius 1 is 1.08 bits per heavy atom. The van der Waals surface area contributed by atoms with Gasteiger partial charge in [0.25, 0.3) is 0 Å². The monoisotopic (exact) mass is 355 g/mol. The number of benzene rings is 1. The normalized spacial score (nSPS) is 11.1. The summed E-state index contributed by atoms with van der Waals surface area (Å²) in [6.07, 6.45) is 5.69. The Balaban J connectivity index is 0.00000243. The van der Waals surface area contributed by atoms with Crippen LogP contribution in [-0.2, 0) is 0 Å². The molecule has 1 aromatic carbocycles. The van der Waals surface area contributed by atoms with Crippen LogP contribution in [0.15, 0.2) is 48.8 Å². The highest BCUT2D eigenvalue weighted by atomic mass is 19.1. The Morgan fingerprint density at radius 3 is 2.42 bits per heavy atom. The maximum absolute atomic E-state index is 13.2. The smallest absolute Gasteiger partial charge is 0.126 e. The summed E-state index contributed by atoms with van der Waals surface area (Å²) in [5, 5.41) is 10.8. The number of halogens is 1. The van der Waals surface area contributed by atoms with Crippen molar-refractivity contribution >= 4 is 5.82 Å². The molecule has 0 aliphatic carbocycles. The van der Waals surface area contributed by atoms with Crippen molar-refractivity contribution in [3.8, 4) is 22.4 Å². The molecule has 26 heavy (non-hydrogen) atoms. The molecule has 6 heteroatoms. The molecule has 5 nitrogen and oxygen atoms in total. The predicted molar refractivity (Wildman–Crippen MR) is 105 cm³/mol. The van der Waals surface area contributed by atoms with Crippen molar-refractivity contribution in [2.45, 2.75) is 39.2 Å². The van der Waals surface area contributed by atoms with Crippen LogP contribution in [0.4, 0.5) is 10.2 Å². The maximum Gasteiger partial charge on any atom is 0.126 e. The first-order valence-corrected chi connectivity index (χ1v) is 8.59. The van der Waals surface area contributed by atoms with E-state index in [9.17, 15) is 4.39 Å². The third-order valence-corrected chi connectivity index (χ3v) is 4.82. The zero-order valence-corrected chi connectivity index (χ0v) is 15.5. The van der Waals surface area contributed by atoms with Crippen LogP contribution >= 0.6 is 0 Å². The molecule has 2 aromatic heterocycles. The predicted octanol–water partition coefficient (Wildman–Crippen LogP) is 5.43. The Hall–Kier alpha value is -2.73. The van der Waals surface area contributed by atoms with Crippen LogP contribution in [0.3, 0.4) is 0 Å². The minimum Gasteiger partial charge on any atom is -0.365 e. The third kappa shape index (κ3) is 4.08. The minimum absolute atomic E-state index is 0. The molecule has 0 bridgehead atoms. The number of nitrogens with one attached hydrogen (secondary N) is 2. The van der Waals surface area contributed by atoms with Crippen LogP contribution in [0.2, 0.25) is 0 Å². The lowest BCUT2D eigenvalue weighted by atomic mass is 9.95. The van der Waals surface area contributed by atoms with Crippen molar-refractivity contribution < 1.29 is 4.39 Å². The molecule has 0 aliphatic rings. The van der Waals surface area contributed by atoms with Crippen LogP contribution in [-0.4, -0.2) is 20.7 Å². The number of aromatic amines is 1. The van der Waals surface area contributed by atoms with Gasteiger partial charge in [-0.15, -0.1) is 0 Å². The number of hydrogen-bond acceptors (Lipinski definition) is 4.